The van der Waals surface area contributed by atoms with E-state index in [9.17, 15) is 0 Å². The first-order valence-electron chi connectivity index (χ1n) is 6.13. The molecular formula is C16H14O3S. The lowest BCUT2D eigenvalue weighted by Crippen LogP contribution is -1.90. The van der Waals surface area contributed by atoms with Gasteiger partial charge in [0, 0.05) is 10.1 Å². The fourth-order valence-corrected chi connectivity index (χ4v) is 1.92. The molecule has 1 N–H and O–H groups in total. The summed E-state index contributed by atoms with van der Waals surface area (Å²) in [5, 5.41) is 12.0. The summed E-state index contributed by atoms with van der Waals surface area (Å²) in [5.74, 6) is 1.73. The van der Waals surface area contributed by atoms with Gasteiger partial charge in [0.25, 0.3) is 0 Å². The Balaban J connectivity index is 1.86. The number of ether oxygens (including phenoxy) is 2. The molecule has 2 rings (SSSR count). The topological polar surface area (TPSA) is 38.7 Å². The third-order valence-electron chi connectivity index (χ3n) is 2.35. The molecule has 0 aliphatic heterocycles. The van der Waals surface area contributed by atoms with Crippen molar-refractivity contribution in [1.82, 2.24) is 0 Å². The fraction of sp³-hybridized carbons (Fsp3) is 0.125. The third-order valence-corrected chi connectivity index (χ3v) is 3.04. The molecule has 0 aliphatic carbocycles. The molecule has 0 spiro atoms. The van der Waals surface area contributed by atoms with E-state index < -0.39 is 0 Å². The van der Waals surface area contributed by atoms with Crippen molar-refractivity contribution in [3.63, 3.8) is 0 Å². The molecule has 2 aromatic rings. The zero-order valence-corrected chi connectivity index (χ0v) is 11.8. The van der Waals surface area contributed by atoms with E-state index in [-0.39, 0.29) is 5.75 Å². The quantitative estimate of drug-likeness (QED) is 0.684. The van der Waals surface area contributed by atoms with Crippen molar-refractivity contribution >= 4 is 11.8 Å². The zero-order valence-electron chi connectivity index (χ0n) is 11.0. The summed E-state index contributed by atoms with van der Waals surface area (Å²) in [6, 6.07) is 14.1. The molecule has 0 amide bonds. The zero-order chi connectivity index (χ0) is 14.2. The maximum Gasteiger partial charge on any atom is 0.140 e. The molecule has 0 radical (unpaired) electrons. The second-order valence-corrected chi connectivity index (χ2v) is 4.69. The molecule has 0 saturated carbocycles. The minimum Gasteiger partial charge on any atom is -0.508 e. The number of hydrogen-bond acceptors (Lipinski definition) is 4. The van der Waals surface area contributed by atoms with E-state index >= 15 is 0 Å². The van der Waals surface area contributed by atoms with E-state index in [1.54, 1.807) is 24.3 Å². The normalized spacial score (nSPS) is 9.45. The van der Waals surface area contributed by atoms with Crippen LogP contribution in [0.25, 0.3) is 0 Å². The lowest BCUT2D eigenvalue weighted by atomic mass is 10.3. The van der Waals surface area contributed by atoms with Crippen molar-refractivity contribution in [1.29, 1.82) is 0 Å². The molecule has 20 heavy (non-hydrogen) atoms. The first-order valence-corrected chi connectivity index (χ1v) is 6.95. The van der Waals surface area contributed by atoms with Crippen LogP contribution in [0, 0.1) is 11.4 Å². The Morgan fingerprint density at radius 1 is 1.00 bits per heavy atom. The highest BCUT2D eigenvalue weighted by Crippen LogP contribution is 2.20. The van der Waals surface area contributed by atoms with Crippen LogP contribution in [0.2, 0.25) is 0 Å². The van der Waals surface area contributed by atoms with Crippen LogP contribution in [0.3, 0.4) is 0 Å². The summed E-state index contributed by atoms with van der Waals surface area (Å²) < 4.78 is 10.6. The predicted octanol–water partition coefficient (Wildman–Crippen LogP) is 3.88. The Morgan fingerprint density at radius 3 is 2.30 bits per heavy atom. The average Bonchev–Trinajstić information content (AvgIpc) is 2.47. The molecule has 0 aromatic heterocycles. The molecule has 4 heteroatoms. The maximum atomic E-state index is 9.16. The first kappa shape index (κ1) is 14.2. The predicted molar refractivity (Wildman–Crippen MR) is 80.0 cm³/mol. The Labute approximate surface area is 122 Å². The smallest absolute Gasteiger partial charge is 0.140 e. The van der Waals surface area contributed by atoms with E-state index in [0.717, 1.165) is 10.6 Å². The SMILES string of the molecule is CCOc1ccc(OC#CSc2ccc(O)cc2)cc1. The molecule has 0 bridgehead atoms. The van der Waals surface area contributed by atoms with Gasteiger partial charge in [0.2, 0.25) is 0 Å². The van der Waals surface area contributed by atoms with Crippen LogP contribution in [-0.2, 0) is 0 Å². The minimum atomic E-state index is 0.243. The highest BCUT2D eigenvalue weighted by Gasteiger charge is 1.94. The van der Waals surface area contributed by atoms with Gasteiger partial charge in [-0.15, -0.1) is 0 Å². The molecule has 2 aromatic carbocycles. The summed E-state index contributed by atoms with van der Waals surface area (Å²) >= 11 is 1.34. The van der Waals surface area contributed by atoms with Gasteiger partial charge in [-0.3, -0.25) is 0 Å². The maximum absolute atomic E-state index is 9.16. The van der Waals surface area contributed by atoms with Crippen molar-refractivity contribution in [2.45, 2.75) is 11.8 Å². The van der Waals surface area contributed by atoms with E-state index in [4.69, 9.17) is 14.6 Å². The van der Waals surface area contributed by atoms with Crippen LogP contribution in [0.5, 0.6) is 17.2 Å². The number of benzene rings is 2. The summed E-state index contributed by atoms with van der Waals surface area (Å²) in [5.41, 5.74) is 0. The first-order chi connectivity index (χ1) is 9.78. The third kappa shape index (κ3) is 4.45. The second kappa shape index (κ2) is 7.37. The molecule has 0 fully saturated rings. The van der Waals surface area contributed by atoms with Crippen molar-refractivity contribution in [3.8, 4) is 28.6 Å². The summed E-state index contributed by atoms with van der Waals surface area (Å²) in [6.45, 7) is 2.58. The van der Waals surface area contributed by atoms with Crippen LogP contribution < -0.4 is 9.47 Å². The largest absolute Gasteiger partial charge is 0.508 e. The Kier molecular flexibility index (Phi) is 5.22. The van der Waals surface area contributed by atoms with Gasteiger partial charge in [0.1, 0.15) is 23.4 Å². The number of hydrogen-bond donors (Lipinski definition) is 1. The standard InChI is InChI=1S/C16H14O3S/c1-2-18-14-5-7-15(8-6-14)19-11-12-20-16-9-3-13(17)4-10-16/h3-10,17H,2H2,1H3. The van der Waals surface area contributed by atoms with Gasteiger partial charge in [-0.2, -0.15) is 0 Å². The van der Waals surface area contributed by atoms with Crippen molar-refractivity contribution in [3.05, 3.63) is 48.5 Å². The number of thioether (sulfide) groups is 1. The van der Waals surface area contributed by atoms with Crippen LogP contribution >= 0.6 is 11.8 Å². The van der Waals surface area contributed by atoms with Crippen LogP contribution in [-0.4, -0.2) is 11.7 Å². The number of aromatic hydroxyl groups is 1. The fourth-order valence-electron chi connectivity index (χ4n) is 1.44. The van der Waals surface area contributed by atoms with E-state index in [1.165, 1.54) is 11.8 Å². The number of phenolic OH excluding ortho intramolecular Hbond substituents is 1. The highest BCUT2D eigenvalue weighted by molar-refractivity contribution is 8.03. The van der Waals surface area contributed by atoms with E-state index in [1.807, 2.05) is 31.2 Å². The van der Waals surface area contributed by atoms with Crippen LogP contribution in [0.15, 0.2) is 53.4 Å². The lowest BCUT2D eigenvalue weighted by molar-refractivity contribution is 0.339. The Hall–Kier alpha value is -2.25. The second-order valence-electron chi connectivity index (χ2n) is 3.81. The van der Waals surface area contributed by atoms with E-state index in [0.29, 0.717) is 12.4 Å². The number of rotatable bonds is 4. The average molecular weight is 286 g/mol. The summed E-state index contributed by atoms with van der Waals surface area (Å²) in [7, 11) is 0. The monoisotopic (exact) mass is 286 g/mol. The van der Waals surface area contributed by atoms with Gasteiger partial charge in [-0.05, 0) is 67.2 Å². The Bertz CT molecular complexity index is 594. The summed E-state index contributed by atoms with van der Waals surface area (Å²) in [6.07, 6.45) is 2.63. The van der Waals surface area contributed by atoms with Crippen LogP contribution in [0.4, 0.5) is 0 Å². The van der Waals surface area contributed by atoms with Crippen molar-refractivity contribution in [2.24, 2.45) is 0 Å². The molecule has 0 saturated heterocycles. The molecule has 3 nitrogen and oxygen atoms in total. The molecular weight excluding hydrogens is 272 g/mol. The van der Waals surface area contributed by atoms with Crippen molar-refractivity contribution in [2.75, 3.05) is 6.61 Å². The lowest BCUT2D eigenvalue weighted by Gasteiger charge is -2.02. The van der Waals surface area contributed by atoms with Crippen LogP contribution in [0.1, 0.15) is 6.92 Å². The van der Waals surface area contributed by atoms with Gasteiger partial charge < -0.3 is 14.6 Å². The molecule has 0 aliphatic rings. The highest BCUT2D eigenvalue weighted by atomic mass is 32.2. The Morgan fingerprint density at radius 2 is 1.65 bits per heavy atom. The molecule has 0 heterocycles. The van der Waals surface area contributed by atoms with E-state index in [2.05, 4.69) is 11.4 Å². The number of phenols is 1. The van der Waals surface area contributed by atoms with Crippen molar-refractivity contribution < 1.29 is 14.6 Å². The van der Waals surface area contributed by atoms with Gasteiger partial charge in [0.05, 0.1) is 6.61 Å². The molecule has 0 unspecified atom stereocenters. The van der Waals surface area contributed by atoms with Gasteiger partial charge in [0.15, 0.2) is 0 Å². The van der Waals surface area contributed by atoms with Gasteiger partial charge >= 0.3 is 0 Å². The van der Waals surface area contributed by atoms with Gasteiger partial charge in [-0.25, -0.2) is 0 Å². The minimum absolute atomic E-state index is 0.243. The summed E-state index contributed by atoms with van der Waals surface area (Å²) in [4.78, 5) is 0.950. The molecule has 0 atom stereocenters. The molecule has 102 valence electrons. The van der Waals surface area contributed by atoms with Gasteiger partial charge in [-0.1, -0.05) is 0 Å².